The largest absolute Gasteiger partial charge is 0.491 e. The molecule has 2 unspecified atom stereocenters. The van der Waals surface area contributed by atoms with Gasteiger partial charge in [-0.05, 0) is 38.6 Å². The van der Waals surface area contributed by atoms with Crippen LogP contribution in [0.15, 0.2) is 24.3 Å². The maximum atomic E-state index is 12.6. The van der Waals surface area contributed by atoms with Gasteiger partial charge < -0.3 is 54.3 Å². The van der Waals surface area contributed by atoms with E-state index in [-0.39, 0.29) is 38.8 Å². The number of rotatable bonds is 14. The summed E-state index contributed by atoms with van der Waals surface area (Å²) in [6.07, 6.45) is -2.94. The number of carbonyl (C=O) groups excluding carboxylic acids is 3. The predicted molar refractivity (Wildman–Crippen MR) is 150 cm³/mol. The normalized spacial score (nSPS) is 19.7. The average Bonchev–Trinajstić information content (AvgIpc) is 3.33. The zero-order chi connectivity index (χ0) is 31.4. The highest BCUT2D eigenvalue weighted by molar-refractivity contribution is 6.28. The van der Waals surface area contributed by atoms with Crippen molar-refractivity contribution in [2.45, 2.75) is 44.4 Å². The van der Waals surface area contributed by atoms with Crippen LogP contribution in [0.5, 0.6) is 5.75 Å². The summed E-state index contributed by atoms with van der Waals surface area (Å²) >= 11 is 0. The number of nitrogens with zero attached hydrogens (tertiary/aromatic N) is 2. The van der Waals surface area contributed by atoms with Crippen molar-refractivity contribution in [3.05, 3.63) is 29.8 Å². The Morgan fingerprint density at radius 3 is 2.42 bits per heavy atom. The van der Waals surface area contributed by atoms with Crippen LogP contribution in [0.2, 0.25) is 0 Å². The van der Waals surface area contributed by atoms with Gasteiger partial charge in [0.2, 0.25) is 6.10 Å². The zero-order valence-electron chi connectivity index (χ0n) is 24.8. The summed E-state index contributed by atoms with van der Waals surface area (Å²) in [6, 6.07) is 6.36. The molecule has 0 aliphatic carbocycles. The quantitative estimate of drug-likeness (QED) is 0.117. The van der Waals surface area contributed by atoms with Crippen LogP contribution in [0.4, 0.5) is 4.79 Å². The third kappa shape index (κ3) is 12.0. The highest BCUT2D eigenvalue weighted by atomic mass is 16.7. The molecule has 1 aromatic rings. The lowest BCUT2D eigenvalue weighted by Crippen LogP contribution is -2.51. The lowest BCUT2D eigenvalue weighted by Gasteiger charge is -2.32. The van der Waals surface area contributed by atoms with E-state index < -0.39 is 42.0 Å². The molecule has 2 aliphatic heterocycles. The molecule has 2 fully saturated rings. The predicted octanol–water partition coefficient (Wildman–Crippen LogP) is -0.793. The van der Waals surface area contributed by atoms with Gasteiger partial charge in [-0.1, -0.05) is 12.1 Å². The third-order valence-electron chi connectivity index (χ3n) is 6.70. The van der Waals surface area contributed by atoms with E-state index in [1.165, 1.54) is 0 Å². The SMILES string of the molecule is CN1CCN(C(=O)NCCNC[C@H](O)COc2ccc(CC(OC(=O)C(=O)O)C(=O)OCC3COC(C)(C)O3)cc2)CC1. The van der Waals surface area contributed by atoms with Crippen LogP contribution in [-0.4, -0.2) is 141 Å². The number of ether oxygens (including phenoxy) is 5. The van der Waals surface area contributed by atoms with Gasteiger partial charge in [-0.15, -0.1) is 0 Å². The van der Waals surface area contributed by atoms with Gasteiger partial charge in [0.25, 0.3) is 0 Å². The molecule has 0 spiro atoms. The van der Waals surface area contributed by atoms with Crippen LogP contribution in [0.1, 0.15) is 19.4 Å². The van der Waals surface area contributed by atoms with Crippen molar-refractivity contribution in [1.29, 1.82) is 0 Å². The van der Waals surface area contributed by atoms with Gasteiger partial charge in [0, 0.05) is 52.2 Å². The zero-order valence-corrected chi connectivity index (χ0v) is 24.8. The van der Waals surface area contributed by atoms with Gasteiger partial charge in [-0.2, -0.15) is 0 Å². The van der Waals surface area contributed by atoms with Crippen molar-refractivity contribution in [3.8, 4) is 5.75 Å². The Balaban J connectivity index is 1.37. The van der Waals surface area contributed by atoms with Crippen molar-refractivity contribution in [3.63, 3.8) is 0 Å². The number of benzene rings is 1. The summed E-state index contributed by atoms with van der Waals surface area (Å²) < 4.78 is 26.7. The minimum atomic E-state index is -1.83. The molecule has 240 valence electrons. The van der Waals surface area contributed by atoms with Crippen LogP contribution >= 0.6 is 0 Å². The summed E-state index contributed by atoms with van der Waals surface area (Å²) in [5.41, 5.74) is 0.551. The van der Waals surface area contributed by atoms with Crippen LogP contribution in [0.25, 0.3) is 0 Å². The Hall–Kier alpha value is -3.50. The number of hydrogen-bond acceptors (Lipinski definition) is 12. The number of nitrogens with one attached hydrogen (secondary N) is 2. The Morgan fingerprint density at radius 1 is 1.09 bits per heavy atom. The molecule has 1 aromatic carbocycles. The Kier molecular flexibility index (Phi) is 12.9. The smallest absolute Gasteiger partial charge is 0.418 e. The molecule has 43 heavy (non-hydrogen) atoms. The Labute approximate surface area is 250 Å². The fourth-order valence-corrected chi connectivity index (χ4v) is 4.30. The molecule has 2 saturated heterocycles. The second-order valence-electron chi connectivity index (χ2n) is 10.8. The number of amides is 2. The molecule has 0 saturated carbocycles. The first kappa shape index (κ1) is 34.0. The number of aliphatic hydroxyl groups is 1. The molecule has 4 N–H and O–H groups in total. The van der Waals surface area contributed by atoms with E-state index in [1.807, 2.05) is 7.05 Å². The fraction of sp³-hybridized carbons (Fsp3) is 0.643. The van der Waals surface area contributed by atoms with E-state index in [1.54, 1.807) is 43.0 Å². The topological polar surface area (TPSA) is 185 Å². The minimum absolute atomic E-state index is 0.00886. The van der Waals surface area contributed by atoms with Crippen LogP contribution in [0.3, 0.4) is 0 Å². The second kappa shape index (κ2) is 16.4. The second-order valence-corrected chi connectivity index (χ2v) is 10.8. The van der Waals surface area contributed by atoms with E-state index in [0.29, 0.717) is 37.5 Å². The molecule has 0 aromatic heterocycles. The van der Waals surface area contributed by atoms with E-state index in [0.717, 1.165) is 13.1 Å². The molecule has 15 heteroatoms. The lowest BCUT2D eigenvalue weighted by atomic mass is 10.1. The molecule has 2 amide bonds. The number of urea groups is 1. The average molecular weight is 611 g/mol. The summed E-state index contributed by atoms with van der Waals surface area (Å²) in [4.78, 5) is 51.4. The number of carboxylic acids is 1. The fourth-order valence-electron chi connectivity index (χ4n) is 4.30. The van der Waals surface area contributed by atoms with Gasteiger partial charge in [0.15, 0.2) is 5.79 Å². The summed E-state index contributed by atoms with van der Waals surface area (Å²) in [6.45, 7) is 7.78. The first-order valence-corrected chi connectivity index (χ1v) is 14.2. The molecular weight excluding hydrogens is 568 g/mol. The number of aliphatic hydroxyl groups excluding tert-OH is 1. The minimum Gasteiger partial charge on any atom is -0.491 e. The van der Waals surface area contributed by atoms with E-state index >= 15 is 0 Å². The van der Waals surface area contributed by atoms with Crippen molar-refractivity contribution in [2.75, 3.05) is 72.7 Å². The molecule has 2 aliphatic rings. The highest BCUT2D eigenvalue weighted by Gasteiger charge is 2.35. The maximum Gasteiger partial charge on any atom is 0.418 e. The monoisotopic (exact) mass is 610 g/mol. The van der Waals surface area contributed by atoms with Gasteiger partial charge in [0.05, 0.1) is 6.61 Å². The van der Waals surface area contributed by atoms with Crippen molar-refractivity contribution >= 4 is 23.9 Å². The molecule has 3 atom stereocenters. The number of aliphatic carboxylic acids is 1. The van der Waals surface area contributed by atoms with Crippen molar-refractivity contribution in [1.82, 2.24) is 20.4 Å². The number of likely N-dealkylation sites (N-methyl/N-ethyl adjacent to an activating group) is 1. The number of carbonyl (C=O) groups is 4. The van der Waals surface area contributed by atoms with Gasteiger partial charge in [-0.3, -0.25) is 0 Å². The molecule has 3 rings (SSSR count). The molecule has 15 nitrogen and oxygen atoms in total. The first-order chi connectivity index (χ1) is 20.4. The number of esters is 2. The highest BCUT2D eigenvalue weighted by Crippen LogP contribution is 2.22. The molecular formula is C28H42N4O11. The summed E-state index contributed by atoms with van der Waals surface area (Å²) in [5.74, 6) is -4.70. The lowest BCUT2D eigenvalue weighted by molar-refractivity contribution is -0.178. The Morgan fingerprint density at radius 2 is 1.79 bits per heavy atom. The first-order valence-electron chi connectivity index (χ1n) is 14.2. The Bertz CT molecular complexity index is 1080. The molecule has 2 heterocycles. The number of carboxylic acid groups (broad SMARTS) is 1. The number of piperazine rings is 1. The maximum absolute atomic E-state index is 12.6. The van der Waals surface area contributed by atoms with Crippen molar-refractivity contribution in [2.24, 2.45) is 0 Å². The third-order valence-corrected chi connectivity index (χ3v) is 6.70. The molecule has 0 radical (unpaired) electrons. The number of hydrogen-bond donors (Lipinski definition) is 4. The summed E-state index contributed by atoms with van der Waals surface area (Å²) in [7, 11) is 2.03. The van der Waals surface area contributed by atoms with Crippen LogP contribution in [-0.2, 0) is 39.8 Å². The van der Waals surface area contributed by atoms with E-state index in [4.69, 9.17) is 28.8 Å². The van der Waals surface area contributed by atoms with Crippen LogP contribution in [0, 0.1) is 0 Å². The van der Waals surface area contributed by atoms with E-state index in [9.17, 15) is 24.3 Å². The molecule has 0 bridgehead atoms. The van der Waals surface area contributed by atoms with Gasteiger partial charge >= 0.3 is 23.9 Å². The van der Waals surface area contributed by atoms with Gasteiger partial charge in [0.1, 0.15) is 31.2 Å². The van der Waals surface area contributed by atoms with Gasteiger partial charge in [-0.25, -0.2) is 19.2 Å². The standard InChI is InChI=1S/C28H42N4O11/c1-28(2)41-18-22(43-28)17-40-25(36)23(42-26(37)24(34)35)14-19-4-6-21(7-5-19)39-16-20(33)15-29-8-9-30-27(38)32-12-10-31(3)11-13-32/h4-7,20,22-23,29,33H,8-18H2,1-3H3,(H,30,38)(H,34,35)/t20-,22?,23?/m0/s1. The van der Waals surface area contributed by atoms with Crippen LogP contribution < -0.4 is 15.4 Å². The van der Waals surface area contributed by atoms with Crippen molar-refractivity contribution < 1.29 is 53.1 Å². The summed E-state index contributed by atoms with van der Waals surface area (Å²) in [5, 5.41) is 25.1. The van der Waals surface area contributed by atoms with E-state index in [2.05, 4.69) is 15.5 Å².